The maximum atomic E-state index is 5.92. The zero-order valence-corrected chi connectivity index (χ0v) is 13.1. The first-order chi connectivity index (χ1) is 10.2. The molecule has 0 saturated heterocycles. The van der Waals surface area contributed by atoms with Gasteiger partial charge in [-0.3, -0.25) is 0 Å². The van der Waals surface area contributed by atoms with Crippen molar-refractivity contribution in [2.75, 3.05) is 11.9 Å². The summed E-state index contributed by atoms with van der Waals surface area (Å²) in [5.74, 6) is 0. The number of rotatable bonds is 6. The second kappa shape index (κ2) is 6.50. The smallest absolute Gasteiger partial charge is 0.0426 e. The van der Waals surface area contributed by atoms with Gasteiger partial charge in [-0.25, -0.2) is 0 Å². The zero-order valence-electron chi connectivity index (χ0n) is 12.3. The van der Waals surface area contributed by atoms with Crippen LogP contribution in [0, 0.1) is 0 Å². The van der Waals surface area contributed by atoms with Crippen LogP contribution in [0.1, 0.15) is 24.0 Å². The van der Waals surface area contributed by atoms with E-state index in [0.29, 0.717) is 0 Å². The molecule has 0 unspecified atom stereocenters. The third kappa shape index (κ3) is 4.23. The molecule has 0 amide bonds. The number of nitrogens with zero attached hydrogens (tertiary/aromatic N) is 1. The van der Waals surface area contributed by atoms with E-state index in [1.807, 2.05) is 12.1 Å². The predicted molar refractivity (Wildman–Crippen MR) is 89.9 cm³/mol. The summed E-state index contributed by atoms with van der Waals surface area (Å²) in [6.07, 6.45) is 2.67. The Labute approximate surface area is 131 Å². The quantitative estimate of drug-likeness (QED) is 0.859. The number of hydrogen-bond donors (Lipinski definition) is 1. The van der Waals surface area contributed by atoms with Crippen molar-refractivity contribution in [3.05, 3.63) is 64.7 Å². The van der Waals surface area contributed by atoms with E-state index in [2.05, 4.69) is 53.7 Å². The van der Waals surface area contributed by atoms with Crippen molar-refractivity contribution in [1.82, 2.24) is 5.32 Å². The number of halogens is 1. The van der Waals surface area contributed by atoms with Crippen LogP contribution in [0.4, 0.5) is 5.69 Å². The molecule has 0 aliphatic heterocycles. The molecule has 3 heteroatoms. The Morgan fingerprint density at radius 1 is 1.00 bits per heavy atom. The number of benzene rings is 2. The average molecular weight is 301 g/mol. The maximum Gasteiger partial charge on any atom is 0.0426 e. The van der Waals surface area contributed by atoms with Gasteiger partial charge in [0.25, 0.3) is 0 Å². The van der Waals surface area contributed by atoms with Crippen molar-refractivity contribution < 1.29 is 0 Å². The van der Waals surface area contributed by atoms with Crippen LogP contribution in [0.3, 0.4) is 0 Å². The van der Waals surface area contributed by atoms with Gasteiger partial charge in [0.1, 0.15) is 0 Å². The normalized spacial score (nSPS) is 14.2. The third-order valence-corrected chi connectivity index (χ3v) is 4.13. The van der Waals surface area contributed by atoms with Crippen LogP contribution in [0.15, 0.2) is 48.5 Å². The molecule has 3 rings (SSSR count). The first kappa shape index (κ1) is 14.4. The van der Waals surface area contributed by atoms with Crippen molar-refractivity contribution in [3.8, 4) is 0 Å². The molecular formula is C18H21ClN2. The summed E-state index contributed by atoms with van der Waals surface area (Å²) in [4.78, 5) is 2.25. The van der Waals surface area contributed by atoms with Gasteiger partial charge in [-0.05, 0) is 48.2 Å². The highest BCUT2D eigenvalue weighted by atomic mass is 35.5. The molecule has 0 heterocycles. The third-order valence-electron chi connectivity index (χ3n) is 3.88. The van der Waals surface area contributed by atoms with E-state index < -0.39 is 0 Å². The molecule has 110 valence electrons. The highest BCUT2D eigenvalue weighted by molar-refractivity contribution is 6.30. The lowest BCUT2D eigenvalue weighted by Gasteiger charge is -2.20. The van der Waals surface area contributed by atoms with E-state index in [1.54, 1.807) is 0 Å². The molecule has 0 spiro atoms. The second-order valence-electron chi connectivity index (χ2n) is 5.80. The molecule has 0 atom stereocenters. The molecule has 0 aromatic heterocycles. The first-order valence-corrected chi connectivity index (χ1v) is 7.86. The minimum Gasteiger partial charge on any atom is -0.370 e. The van der Waals surface area contributed by atoms with Crippen molar-refractivity contribution >= 4 is 17.3 Å². The van der Waals surface area contributed by atoms with Crippen molar-refractivity contribution in [3.63, 3.8) is 0 Å². The summed E-state index contributed by atoms with van der Waals surface area (Å²) >= 11 is 5.92. The van der Waals surface area contributed by atoms with Crippen LogP contribution >= 0.6 is 11.6 Å². The summed E-state index contributed by atoms with van der Waals surface area (Å²) < 4.78 is 0. The average Bonchev–Trinajstić information content (AvgIpc) is 3.32. The van der Waals surface area contributed by atoms with Gasteiger partial charge in [0.15, 0.2) is 0 Å². The lowest BCUT2D eigenvalue weighted by molar-refractivity contribution is 0.688. The van der Waals surface area contributed by atoms with Gasteiger partial charge in [-0.15, -0.1) is 0 Å². The van der Waals surface area contributed by atoms with Gasteiger partial charge in [-0.2, -0.15) is 0 Å². The topological polar surface area (TPSA) is 15.3 Å². The Morgan fingerprint density at radius 2 is 1.62 bits per heavy atom. The molecule has 21 heavy (non-hydrogen) atoms. The Kier molecular flexibility index (Phi) is 4.47. The minimum absolute atomic E-state index is 0.761. The lowest BCUT2D eigenvalue weighted by Crippen LogP contribution is -2.17. The summed E-state index contributed by atoms with van der Waals surface area (Å²) in [6.45, 7) is 1.86. The molecule has 0 bridgehead atoms. The van der Waals surface area contributed by atoms with E-state index >= 15 is 0 Å². The molecule has 1 fully saturated rings. The fourth-order valence-electron chi connectivity index (χ4n) is 2.37. The Bertz CT molecular complexity index is 573. The highest BCUT2D eigenvalue weighted by Crippen LogP contribution is 2.21. The van der Waals surface area contributed by atoms with Crippen LogP contribution in [0.5, 0.6) is 0 Å². The minimum atomic E-state index is 0.761. The molecule has 0 radical (unpaired) electrons. The summed E-state index contributed by atoms with van der Waals surface area (Å²) in [5.41, 5.74) is 3.85. The number of nitrogens with one attached hydrogen (secondary N) is 1. The molecule has 2 aromatic carbocycles. The van der Waals surface area contributed by atoms with Gasteiger partial charge < -0.3 is 10.2 Å². The van der Waals surface area contributed by atoms with E-state index in [9.17, 15) is 0 Å². The molecule has 1 aliphatic rings. The Morgan fingerprint density at radius 3 is 2.24 bits per heavy atom. The maximum absolute atomic E-state index is 5.92. The summed E-state index contributed by atoms with van der Waals surface area (Å²) in [6, 6.07) is 17.6. The SMILES string of the molecule is CN(Cc1ccc(Cl)cc1)c1ccc(CNC2CC2)cc1. The van der Waals surface area contributed by atoms with E-state index in [4.69, 9.17) is 11.6 Å². The van der Waals surface area contributed by atoms with E-state index in [1.165, 1.54) is 29.7 Å². The van der Waals surface area contributed by atoms with Crippen molar-refractivity contribution in [2.24, 2.45) is 0 Å². The van der Waals surface area contributed by atoms with Crippen LogP contribution in [-0.2, 0) is 13.1 Å². The Hall–Kier alpha value is -1.51. The van der Waals surface area contributed by atoms with Gasteiger partial charge in [0.05, 0.1) is 0 Å². The monoisotopic (exact) mass is 300 g/mol. The van der Waals surface area contributed by atoms with Crippen LogP contribution in [0.25, 0.3) is 0 Å². The van der Waals surface area contributed by atoms with E-state index in [-0.39, 0.29) is 0 Å². The van der Waals surface area contributed by atoms with Crippen molar-refractivity contribution in [1.29, 1.82) is 0 Å². The van der Waals surface area contributed by atoms with Crippen LogP contribution in [0.2, 0.25) is 5.02 Å². The van der Waals surface area contributed by atoms with Gasteiger partial charge in [0, 0.05) is 36.9 Å². The fourth-order valence-corrected chi connectivity index (χ4v) is 2.50. The molecule has 1 N–H and O–H groups in total. The predicted octanol–water partition coefficient (Wildman–Crippen LogP) is 4.23. The number of hydrogen-bond acceptors (Lipinski definition) is 2. The zero-order chi connectivity index (χ0) is 14.7. The molecule has 2 aromatic rings. The first-order valence-electron chi connectivity index (χ1n) is 7.48. The number of anilines is 1. The second-order valence-corrected chi connectivity index (χ2v) is 6.24. The molecular weight excluding hydrogens is 280 g/mol. The van der Waals surface area contributed by atoms with Gasteiger partial charge in [0.2, 0.25) is 0 Å². The van der Waals surface area contributed by atoms with Crippen LogP contribution in [-0.4, -0.2) is 13.1 Å². The molecule has 2 nitrogen and oxygen atoms in total. The van der Waals surface area contributed by atoms with Crippen molar-refractivity contribution in [2.45, 2.75) is 32.0 Å². The van der Waals surface area contributed by atoms with Gasteiger partial charge >= 0.3 is 0 Å². The van der Waals surface area contributed by atoms with Gasteiger partial charge in [-0.1, -0.05) is 35.9 Å². The molecule has 1 aliphatic carbocycles. The van der Waals surface area contributed by atoms with Crippen LogP contribution < -0.4 is 10.2 Å². The summed E-state index contributed by atoms with van der Waals surface area (Å²) in [7, 11) is 2.12. The largest absolute Gasteiger partial charge is 0.370 e. The summed E-state index contributed by atoms with van der Waals surface area (Å²) in [5, 5.41) is 4.33. The lowest BCUT2D eigenvalue weighted by atomic mass is 10.1. The fraction of sp³-hybridized carbons (Fsp3) is 0.333. The standard InChI is InChI=1S/C18H21ClN2/c1-21(13-15-2-6-16(19)7-3-15)18-10-4-14(5-11-18)12-20-17-8-9-17/h2-7,10-11,17,20H,8-9,12-13H2,1H3. The van der Waals surface area contributed by atoms with E-state index in [0.717, 1.165) is 24.2 Å². The molecule has 1 saturated carbocycles. The Balaban J connectivity index is 1.58. The highest BCUT2D eigenvalue weighted by Gasteiger charge is 2.19.